The van der Waals surface area contributed by atoms with Crippen molar-refractivity contribution in [2.75, 3.05) is 14.2 Å². The molecule has 0 aromatic heterocycles. The summed E-state index contributed by atoms with van der Waals surface area (Å²) in [7, 11) is 3.06. The molecule has 0 heterocycles. The highest BCUT2D eigenvalue weighted by molar-refractivity contribution is 5.98. The van der Waals surface area contributed by atoms with Gasteiger partial charge in [0.25, 0.3) is 0 Å². The minimum Gasteiger partial charge on any atom is -0.497 e. The zero-order chi connectivity index (χ0) is 18.7. The summed E-state index contributed by atoms with van der Waals surface area (Å²) in [5.41, 5.74) is 0. The highest BCUT2D eigenvalue weighted by Crippen LogP contribution is 2.43. The first-order chi connectivity index (χ1) is 12.5. The van der Waals surface area contributed by atoms with Crippen molar-refractivity contribution in [3.05, 3.63) is 23.7 Å². The number of hydrogen-bond donors (Lipinski definition) is 1. The van der Waals surface area contributed by atoms with E-state index in [-0.39, 0.29) is 41.3 Å². The molecule has 3 rings (SSSR count). The van der Waals surface area contributed by atoms with E-state index in [1.165, 1.54) is 7.11 Å². The molecule has 3 aliphatic rings. The molecule has 1 saturated carbocycles. The summed E-state index contributed by atoms with van der Waals surface area (Å²) in [6.07, 6.45) is 9.80. The van der Waals surface area contributed by atoms with Crippen LogP contribution in [-0.2, 0) is 19.1 Å². The maximum absolute atomic E-state index is 12.8. The van der Waals surface area contributed by atoms with Gasteiger partial charge in [0.1, 0.15) is 5.76 Å². The van der Waals surface area contributed by atoms with Crippen LogP contribution in [0.1, 0.15) is 51.4 Å². The molecule has 0 aliphatic heterocycles. The van der Waals surface area contributed by atoms with Crippen LogP contribution in [-0.4, -0.2) is 37.0 Å². The Kier molecular flexibility index (Phi) is 6.17. The van der Waals surface area contributed by atoms with E-state index < -0.39 is 0 Å². The van der Waals surface area contributed by atoms with Crippen molar-refractivity contribution >= 4 is 11.6 Å². The van der Waals surface area contributed by atoms with Gasteiger partial charge in [0.2, 0.25) is 5.78 Å². The predicted octanol–water partition coefficient (Wildman–Crippen LogP) is 3.17. The Bertz CT molecular complexity index is 606. The molecule has 0 amide bonds. The maximum Gasteiger partial charge on any atom is 0.203 e. The summed E-state index contributed by atoms with van der Waals surface area (Å²) in [4.78, 5) is 25.5. The molecule has 3 aliphatic carbocycles. The summed E-state index contributed by atoms with van der Waals surface area (Å²) in [6.45, 7) is 0. The standard InChI is InChI=1S/C21H30O5/c1-25-20-17-12-14(19(24)21(20)26-2)5-3-4-6-15(22)9-7-13-8-10-18(23)16(17)11-13/h8,10,13-17,22H,3-7,9,11-12H2,1-2H3. The first kappa shape index (κ1) is 19.2. The van der Waals surface area contributed by atoms with Crippen LogP contribution in [0.2, 0.25) is 0 Å². The lowest BCUT2D eigenvalue weighted by molar-refractivity contribution is -0.128. The fraction of sp³-hybridized carbons (Fsp3) is 0.714. The van der Waals surface area contributed by atoms with Gasteiger partial charge in [-0.05, 0) is 50.5 Å². The molecule has 5 nitrogen and oxygen atoms in total. The number of allylic oxidation sites excluding steroid dienone is 4. The Morgan fingerprint density at radius 2 is 1.73 bits per heavy atom. The Balaban J connectivity index is 1.96. The van der Waals surface area contributed by atoms with E-state index in [1.54, 1.807) is 13.2 Å². The van der Waals surface area contributed by atoms with Crippen LogP contribution in [0.3, 0.4) is 0 Å². The van der Waals surface area contributed by atoms with Crippen LogP contribution in [0, 0.1) is 23.7 Å². The normalized spacial score (nSPS) is 36.0. The number of ether oxygens (including phenoxy) is 2. The Hall–Kier alpha value is -1.62. The van der Waals surface area contributed by atoms with Gasteiger partial charge in [0.15, 0.2) is 11.5 Å². The lowest BCUT2D eigenvalue weighted by atomic mass is 9.69. The van der Waals surface area contributed by atoms with E-state index in [1.807, 2.05) is 6.08 Å². The number of methoxy groups -OCH3 is 2. The van der Waals surface area contributed by atoms with Gasteiger partial charge in [-0.15, -0.1) is 0 Å². The molecule has 0 aromatic rings. The second-order valence-corrected chi connectivity index (χ2v) is 7.88. The molecule has 0 aromatic carbocycles. The molecule has 5 heteroatoms. The van der Waals surface area contributed by atoms with E-state index in [4.69, 9.17) is 9.47 Å². The minimum atomic E-state index is -0.294. The van der Waals surface area contributed by atoms with Gasteiger partial charge < -0.3 is 14.6 Å². The third-order valence-corrected chi connectivity index (χ3v) is 6.27. The summed E-state index contributed by atoms with van der Waals surface area (Å²) < 4.78 is 11.0. The Labute approximate surface area is 155 Å². The molecule has 5 atom stereocenters. The minimum absolute atomic E-state index is 0.00799. The van der Waals surface area contributed by atoms with Crippen molar-refractivity contribution < 1.29 is 24.2 Å². The predicted molar refractivity (Wildman–Crippen MR) is 97.1 cm³/mol. The molecule has 26 heavy (non-hydrogen) atoms. The number of rotatable bonds is 2. The van der Waals surface area contributed by atoms with Gasteiger partial charge >= 0.3 is 0 Å². The van der Waals surface area contributed by atoms with Gasteiger partial charge in [-0.25, -0.2) is 0 Å². The van der Waals surface area contributed by atoms with Gasteiger partial charge in [-0.2, -0.15) is 0 Å². The molecule has 0 spiro atoms. The van der Waals surface area contributed by atoms with Gasteiger partial charge in [-0.3, -0.25) is 9.59 Å². The van der Waals surface area contributed by atoms with Crippen LogP contribution in [0.4, 0.5) is 0 Å². The quantitative estimate of drug-likeness (QED) is 0.817. The fourth-order valence-electron chi connectivity index (χ4n) is 4.81. The monoisotopic (exact) mass is 362 g/mol. The number of carbonyl (C=O) groups is 2. The van der Waals surface area contributed by atoms with Crippen molar-refractivity contribution in [2.24, 2.45) is 23.7 Å². The maximum atomic E-state index is 12.8. The summed E-state index contributed by atoms with van der Waals surface area (Å²) in [5, 5.41) is 10.2. The molecule has 1 N–H and O–H groups in total. The molecule has 1 fully saturated rings. The summed E-state index contributed by atoms with van der Waals surface area (Å²) >= 11 is 0. The molecule has 4 bridgehead atoms. The zero-order valence-electron chi connectivity index (χ0n) is 15.8. The lowest BCUT2D eigenvalue weighted by Gasteiger charge is -2.36. The van der Waals surface area contributed by atoms with Crippen molar-refractivity contribution in [1.29, 1.82) is 0 Å². The number of Topliss-reactive ketones (excluding diaryl/α,β-unsaturated/α-hetero) is 1. The third-order valence-electron chi connectivity index (χ3n) is 6.27. The smallest absolute Gasteiger partial charge is 0.203 e. The highest BCUT2D eigenvalue weighted by atomic mass is 16.5. The number of carbonyl (C=O) groups excluding carboxylic acids is 2. The van der Waals surface area contributed by atoms with Crippen LogP contribution < -0.4 is 0 Å². The van der Waals surface area contributed by atoms with E-state index in [0.29, 0.717) is 17.9 Å². The Morgan fingerprint density at radius 3 is 2.46 bits per heavy atom. The average Bonchev–Trinajstić information content (AvgIpc) is 2.65. The molecule has 144 valence electrons. The zero-order valence-corrected chi connectivity index (χ0v) is 15.8. The van der Waals surface area contributed by atoms with Gasteiger partial charge in [0, 0.05) is 17.8 Å². The van der Waals surface area contributed by atoms with E-state index in [2.05, 4.69) is 0 Å². The SMILES string of the molecule is COC1=C(OC)C2CC(CCCCC(O)CCC3C=CC(=O)C2C3)C1=O. The van der Waals surface area contributed by atoms with Gasteiger partial charge in [0.05, 0.1) is 20.3 Å². The number of aliphatic hydroxyl groups excluding tert-OH is 1. The summed E-state index contributed by atoms with van der Waals surface area (Å²) in [6, 6.07) is 0. The molecular weight excluding hydrogens is 332 g/mol. The first-order valence-electron chi connectivity index (χ1n) is 9.81. The number of aliphatic hydroxyl groups is 1. The Morgan fingerprint density at radius 1 is 0.962 bits per heavy atom. The first-order valence-corrected chi connectivity index (χ1v) is 9.81. The van der Waals surface area contributed by atoms with Crippen molar-refractivity contribution in [1.82, 2.24) is 0 Å². The van der Waals surface area contributed by atoms with Crippen molar-refractivity contribution in [3.63, 3.8) is 0 Å². The van der Waals surface area contributed by atoms with E-state index in [0.717, 1.165) is 44.9 Å². The lowest BCUT2D eigenvalue weighted by Crippen LogP contribution is -2.37. The van der Waals surface area contributed by atoms with Crippen LogP contribution in [0.15, 0.2) is 23.7 Å². The fourth-order valence-corrected chi connectivity index (χ4v) is 4.81. The number of fused-ring (bicyclic) bond motifs is 5. The van der Waals surface area contributed by atoms with E-state index in [9.17, 15) is 14.7 Å². The third kappa shape index (κ3) is 3.88. The average molecular weight is 362 g/mol. The highest BCUT2D eigenvalue weighted by Gasteiger charge is 2.44. The van der Waals surface area contributed by atoms with Gasteiger partial charge in [-0.1, -0.05) is 18.9 Å². The number of hydrogen-bond acceptors (Lipinski definition) is 5. The van der Waals surface area contributed by atoms with E-state index >= 15 is 0 Å². The van der Waals surface area contributed by atoms with Crippen molar-refractivity contribution in [3.8, 4) is 0 Å². The molecule has 0 radical (unpaired) electrons. The summed E-state index contributed by atoms with van der Waals surface area (Å²) in [5.74, 6) is 0.795. The van der Waals surface area contributed by atoms with Crippen molar-refractivity contribution in [2.45, 2.75) is 57.5 Å². The molecular formula is C21H30O5. The second kappa shape index (κ2) is 8.38. The van der Waals surface area contributed by atoms with Crippen LogP contribution >= 0.6 is 0 Å². The number of ketones is 2. The molecule has 0 saturated heterocycles. The second-order valence-electron chi connectivity index (χ2n) is 7.88. The largest absolute Gasteiger partial charge is 0.497 e. The van der Waals surface area contributed by atoms with Crippen LogP contribution in [0.5, 0.6) is 0 Å². The molecule has 5 unspecified atom stereocenters. The van der Waals surface area contributed by atoms with Crippen LogP contribution in [0.25, 0.3) is 0 Å². The topological polar surface area (TPSA) is 72.8 Å².